The van der Waals surface area contributed by atoms with Crippen molar-refractivity contribution in [2.24, 2.45) is 5.73 Å². The van der Waals surface area contributed by atoms with Gasteiger partial charge in [-0.1, -0.05) is 0 Å². The van der Waals surface area contributed by atoms with Crippen molar-refractivity contribution in [2.45, 2.75) is 56.9 Å². The van der Waals surface area contributed by atoms with Gasteiger partial charge in [0.25, 0.3) is 0 Å². The van der Waals surface area contributed by atoms with E-state index >= 15 is 0 Å². The molecule has 2 heterocycles. The van der Waals surface area contributed by atoms with Gasteiger partial charge in [0.15, 0.2) is 0 Å². The lowest BCUT2D eigenvalue weighted by Gasteiger charge is -2.41. The first-order valence-corrected chi connectivity index (χ1v) is 7.37. The predicted octanol–water partition coefficient (Wildman–Crippen LogP) is 0.907. The summed E-state index contributed by atoms with van der Waals surface area (Å²) in [5.41, 5.74) is 5.99. The van der Waals surface area contributed by atoms with Crippen molar-refractivity contribution in [3.63, 3.8) is 0 Å². The van der Waals surface area contributed by atoms with Crippen LogP contribution in [0, 0.1) is 0 Å². The predicted molar refractivity (Wildman–Crippen MR) is 74.7 cm³/mol. The lowest BCUT2D eigenvalue weighted by Crippen LogP contribution is -2.53. The van der Waals surface area contributed by atoms with E-state index in [-0.39, 0.29) is 0 Å². The molecule has 2 N–H and O–H groups in total. The van der Waals surface area contributed by atoms with Gasteiger partial charge in [0.05, 0.1) is 12.2 Å². The molecule has 18 heavy (non-hydrogen) atoms. The van der Waals surface area contributed by atoms with Gasteiger partial charge in [0, 0.05) is 31.7 Å². The summed E-state index contributed by atoms with van der Waals surface area (Å²) in [5.74, 6) is 0. The molecular weight excluding hydrogens is 226 g/mol. The smallest absolute Gasteiger partial charge is 0.0747 e. The highest BCUT2D eigenvalue weighted by Gasteiger charge is 2.34. The first-order chi connectivity index (χ1) is 8.61. The molecule has 2 aliphatic heterocycles. The molecule has 4 nitrogen and oxygen atoms in total. The molecule has 2 aliphatic rings. The fourth-order valence-electron chi connectivity index (χ4n) is 3.39. The van der Waals surface area contributed by atoms with E-state index in [0.717, 1.165) is 12.6 Å². The van der Waals surface area contributed by atoms with Crippen molar-refractivity contribution in [3.8, 4) is 0 Å². The Morgan fingerprint density at radius 3 is 2.33 bits per heavy atom. The highest BCUT2D eigenvalue weighted by atomic mass is 16.5. The van der Waals surface area contributed by atoms with E-state index in [1.54, 1.807) is 0 Å². The van der Waals surface area contributed by atoms with Crippen LogP contribution in [-0.4, -0.2) is 67.8 Å². The first kappa shape index (κ1) is 14.3. The number of ether oxygens (including phenoxy) is 1. The van der Waals surface area contributed by atoms with E-state index < -0.39 is 0 Å². The third kappa shape index (κ3) is 3.23. The van der Waals surface area contributed by atoms with E-state index in [2.05, 4.69) is 30.8 Å². The SMILES string of the molecule is CC1CCC(C(CN)N2CCC(N(C)C)CC2)O1. The molecule has 2 fully saturated rings. The monoisotopic (exact) mass is 255 g/mol. The molecular formula is C14H29N3O. The average molecular weight is 255 g/mol. The maximum absolute atomic E-state index is 6.01. The van der Waals surface area contributed by atoms with Crippen molar-refractivity contribution in [3.05, 3.63) is 0 Å². The lowest BCUT2D eigenvalue weighted by atomic mass is 9.99. The normalized spacial score (nSPS) is 33.2. The van der Waals surface area contributed by atoms with Crippen LogP contribution in [0.2, 0.25) is 0 Å². The minimum atomic E-state index is 0.362. The summed E-state index contributed by atoms with van der Waals surface area (Å²) < 4.78 is 6.01. The van der Waals surface area contributed by atoms with E-state index in [9.17, 15) is 0 Å². The zero-order chi connectivity index (χ0) is 13.1. The highest BCUT2D eigenvalue weighted by molar-refractivity contribution is 4.89. The van der Waals surface area contributed by atoms with Crippen LogP contribution < -0.4 is 5.73 Å². The molecule has 2 saturated heterocycles. The summed E-state index contributed by atoms with van der Waals surface area (Å²) >= 11 is 0. The summed E-state index contributed by atoms with van der Waals surface area (Å²) in [7, 11) is 4.37. The van der Waals surface area contributed by atoms with Gasteiger partial charge in [0.1, 0.15) is 0 Å². The number of nitrogens with zero attached hydrogens (tertiary/aromatic N) is 2. The quantitative estimate of drug-likeness (QED) is 0.811. The molecule has 0 aliphatic carbocycles. The van der Waals surface area contributed by atoms with Crippen LogP contribution in [0.5, 0.6) is 0 Å². The van der Waals surface area contributed by atoms with Crippen molar-refractivity contribution in [1.82, 2.24) is 9.80 Å². The fraction of sp³-hybridized carbons (Fsp3) is 1.00. The lowest BCUT2D eigenvalue weighted by molar-refractivity contribution is -0.0154. The molecule has 0 aromatic carbocycles. The summed E-state index contributed by atoms with van der Waals surface area (Å²) in [6.45, 7) is 5.23. The molecule has 0 spiro atoms. The Morgan fingerprint density at radius 1 is 1.22 bits per heavy atom. The van der Waals surface area contributed by atoms with E-state index in [0.29, 0.717) is 18.2 Å². The van der Waals surface area contributed by atoms with Gasteiger partial charge < -0.3 is 15.4 Å². The third-order valence-corrected chi connectivity index (χ3v) is 4.63. The Labute approximate surface area is 111 Å². The van der Waals surface area contributed by atoms with Gasteiger partial charge in [0.2, 0.25) is 0 Å². The third-order valence-electron chi connectivity index (χ3n) is 4.63. The minimum Gasteiger partial charge on any atom is -0.374 e. The molecule has 3 atom stereocenters. The van der Waals surface area contributed by atoms with Gasteiger partial charge in [-0.3, -0.25) is 4.90 Å². The standard InChI is InChI=1S/C14H29N3O/c1-11-4-5-14(18-11)13(10-15)17-8-6-12(7-9-17)16(2)3/h11-14H,4-10,15H2,1-3H3. The second kappa shape index (κ2) is 6.33. The summed E-state index contributed by atoms with van der Waals surface area (Å²) in [6.07, 6.45) is 5.66. The Hall–Kier alpha value is -0.160. The van der Waals surface area contributed by atoms with Crippen LogP contribution in [0.1, 0.15) is 32.6 Å². The molecule has 0 saturated carbocycles. The van der Waals surface area contributed by atoms with Gasteiger partial charge in [-0.25, -0.2) is 0 Å². The summed E-state index contributed by atoms with van der Waals surface area (Å²) in [6, 6.07) is 1.17. The number of rotatable bonds is 4. The van der Waals surface area contributed by atoms with Crippen molar-refractivity contribution in [1.29, 1.82) is 0 Å². The molecule has 0 aromatic heterocycles. The van der Waals surface area contributed by atoms with E-state index in [4.69, 9.17) is 10.5 Å². The molecule has 0 aromatic rings. The molecule has 3 unspecified atom stereocenters. The number of nitrogens with two attached hydrogens (primary N) is 1. The minimum absolute atomic E-state index is 0.362. The average Bonchev–Trinajstić information content (AvgIpc) is 2.77. The molecule has 106 valence electrons. The van der Waals surface area contributed by atoms with E-state index in [1.807, 2.05) is 0 Å². The fourth-order valence-corrected chi connectivity index (χ4v) is 3.39. The zero-order valence-corrected chi connectivity index (χ0v) is 12.1. The second-order valence-corrected chi connectivity index (χ2v) is 6.10. The van der Waals surface area contributed by atoms with Gasteiger partial charge in [-0.2, -0.15) is 0 Å². The Kier molecular flexibility index (Phi) is 5.01. The van der Waals surface area contributed by atoms with Crippen LogP contribution in [0.4, 0.5) is 0 Å². The second-order valence-electron chi connectivity index (χ2n) is 6.10. The van der Waals surface area contributed by atoms with E-state index in [1.165, 1.54) is 38.8 Å². The number of piperidine rings is 1. The van der Waals surface area contributed by atoms with Gasteiger partial charge in [-0.05, 0) is 46.7 Å². The Bertz CT molecular complexity index is 251. The number of hydrogen-bond acceptors (Lipinski definition) is 4. The molecule has 0 radical (unpaired) electrons. The van der Waals surface area contributed by atoms with Crippen molar-refractivity contribution >= 4 is 0 Å². The molecule has 0 bridgehead atoms. The van der Waals surface area contributed by atoms with Gasteiger partial charge in [-0.15, -0.1) is 0 Å². The van der Waals surface area contributed by atoms with Crippen LogP contribution in [0.15, 0.2) is 0 Å². The number of likely N-dealkylation sites (tertiary alicyclic amines) is 1. The molecule has 4 heteroatoms. The summed E-state index contributed by atoms with van der Waals surface area (Å²) in [4.78, 5) is 4.91. The Balaban J connectivity index is 1.86. The zero-order valence-electron chi connectivity index (χ0n) is 12.1. The Morgan fingerprint density at radius 2 is 1.89 bits per heavy atom. The largest absolute Gasteiger partial charge is 0.374 e. The molecule has 2 rings (SSSR count). The topological polar surface area (TPSA) is 41.7 Å². The van der Waals surface area contributed by atoms with Crippen molar-refractivity contribution in [2.75, 3.05) is 33.7 Å². The molecule has 0 amide bonds. The van der Waals surface area contributed by atoms with Crippen LogP contribution >= 0.6 is 0 Å². The number of hydrogen-bond donors (Lipinski definition) is 1. The maximum Gasteiger partial charge on any atom is 0.0747 e. The van der Waals surface area contributed by atoms with Crippen molar-refractivity contribution < 1.29 is 4.74 Å². The maximum atomic E-state index is 6.01. The highest BCUT2D eigenvalue weighted by Crippen LogP contribution is 2.26. The van der Waals surface area contributed by atoms with Crippen LogP contribution in [0.25, 0.3) is 0 Å². The first-order valence-electron chi connectivity index (χ1n) is 7.37. The van der Waals surface area contributed by atoms with Gasteiger partial charge >= 0.3 is 0 Å². The summed E-state index contributed by atoms with van der Waals surface area (Å²) in [5, 5.41) is 0. The van der Waals surface area contributed by atoms with Crippen LogP contribution in [0.3, 0.4) is 0 Å². The van der Waals surface area contributed by atoms with Crippen LogP contribution in [-0.2, 0) is 4.74 Å².